The number of hydrogen-bond acceptors (Lipinski definition) is 3. The second-order valence-electron chi connectivity index (χ2n) is 6.29. The van der Waals surface area contributed by atoms with Crippen molar-refractivity contribution in [1.29, 1.82) is 0 Å². The smallest absolute Gasteiger partial charge is 0.249 e. The molecule has 1 aliphatic carbocycles. The molecule has 1 aromatic heterocycles. The molecule has 1 aromatic rings. The average Bonchev–Trinajstić information content (AvgIpc) is 3.01. The van der Waals surface area contributed by atoms with Crippen LogP contribution >= 0.6 is 0 Å². The zero-order valence-corrected chi connectivity index (χ0v) is 12.8. The predicted molar refractivity (Wildman–Crippen MR) is 77.3 cm³/mol. The monoisotopic (exact) mass is 290 g/mol. The molecule has 2 amide bonds. The summed E-state index contributed by atoms with van der Waals surface area (Å²) in [6.07, 6.45) is 3.51. The molecule has 2 aliphatic rings. The number of amides is 2. The normalized spacial score (nSPS) is 24.7. The minimum atomic E-state index is -0.656. The zero-order chi connectivity index (χ0) is 15.2. The van der Waals surface area contributed by atoms with Gasteiger partial charge >= 0.3 is 0 Å². The first-order chi connectivity index (χ1) is 9.93. The van der Waals surface area contributed by atoms with Crippen LogP contribution in [0.5, 0.6) is 0 Å². The van der Waals surface area contributed by atoms with Crippen LogP contribution in [0.25, 0.3) is 0 Å². The Morgan fingerprint density at radius 1 is 1.38 bits per heavy atom. The third-order valence-electron chi connectivity index (χ3n) is 4.77. The number of nitrogens with one attached hydrogen (secondary N) is 1. The van der Waals surface area contributed by atoms with Gasteiger partial charge in [-0.2, -0.15) is 5.10 Å². The van der Waals surface area contributed by atoms with Gasteiger partial charge in [0.1, 0.15) is 11.6 Å². The Kier molecular flexibility index (Phi) is 3.26. The molecule has 21 heavy (non-hydrogen) atoms. The molecule has 1 aliphatic heterocycles. The first kappa shape index (κ1) is 14.1. The highest BCUT2D eigenvalue weighted by atomic mass is 16.2. The van der Waals surface area contributed by atoms with E-state index in [4.69, 9.17) is 0 Å². The Hall–Kier alpha value is -1.85. The second kappa shape index (κ2) is 4.86. The van der Waals surface area contributed by atoms with Crippen molar-refractivity contribution in [2.45, 2.75) is 57.7 Å². The van der Waals surface area contributed by atoms with Crippen LogP contribution in [-0.2, 0) is 23.2 Å². The number of nitrogens with zero attached hydrogens (tertiary/aromatic N) is 3. The number of aryl methyl sites for hydroxylation is 2. The highest BCUT2D eigenvalue weighted by Gasteiger charge is 2.50. The molecular weight excluding hydrogens is 268 g/mol. The van der Waals surface area contributed by atoms with E-state index in [9.17, 15) is 9.59 Å². The summed E-state index contributed by atoms with van der Waals surface area (Å²) >= 11 is 0. The molecular formula is C15H22N4O2. The van der Waals surface area contributed by atoms with E-state index >= 15 is 0 Å². The summed E-state index contributed by atoms with van der Waals surface area (Å²) in [7, 11) is 1.87. The van der Waals surface area contributed by atoms with Gasteiger partial charge in [-0.1, -0.05) is 12.8 Å². The number of carbonyl (C=O) groups excluding carboxylic acids is 2. The van der Waals surface area contributed by atoms with E-state index in [1.165, 1.54) is 0 Å². The fourth-order valence-corrected chi connectivity index (χ4v) is 3.50. The fourth-order valence-electron chi connectivity index (χ4n) is 3.50. The van der Waals surface area contributed by atoms with Crippen LogP contribution in [0, 0.1) is 6.92 Å². The van der Waals surface area contributed by atoms with Gasteiger partial charge in [-0.05, 0) is 32.8 Å². The zero-order valence-electron chi connectivity index (χ0n) is 12.8. The van der Waals surface area contributed by atoms with Crippen molar-refractivity contribution in [3.8, 4) is 0 Å². The molecule has 0 radical (unpaired) electrons. The summed E-state index contributed by atoms with van der Waals surface area (Å²) in [5.41, 5.74) is 1.22. The molecule has 1 unspecified atom stereocenters. The van der Waals surface area contributed by atoms with Crippen molar-refractivity contribution in [1.82, 2.24) is 20.0 Å². The fraction of sp³-hybridized carbons (Fsp3) is 0.667. The van der Waals surface area contributed by atoms with Crippen LogP contribution in [0.1, 0.15) is 44.0 Å². The van der Waals surface area contributed by atoms with E-state index in [0.29, 0.717) is 6.54 Å². The minimum absolute atomic E-state index is 0.0459. The molecule has 6 nitrogen and oxygen atoms in total. The van der Waals surface area contributed by atoms with Crippen LogP contribution in [0.3, 0.4) is 0 Å². The van der Waals surface area contributed by atoms with Gasteiger partial charge in [-0.3, -0.25) is 14.3 Å². The first-order valence-electron chi connectivity index (χ1n) is 7.55. The molecule has 2 fully saturated rings. The van der Waals surface area contributed by atoms with Crippen molar-refractivity contribution >= 4 is 11.8 Å². The quantitative estimate of drug-likeness (QED) is 0.879. The maximum absolute atomic E-state index is 12.9. The van der Waals surface area contributed by atoms with Gasteiger partial charge in [0, 0.05) is 7.05 Å². The van der Waals surface area contributed by atoms with Gasteiger partial charge in [0.15, 0.2) is 0 Å². The molecule has 1 spiro atoms. The summed E-state index contributed by atoms with van der Waals surface area (Å²) in [4.78, 5) is 26.9. The summed E-state index contributed by atoms with van der Waals surface area (Å²) < 4.78 is 1.78. The van der Waals surface area contributed by atoms with Crippen molar-refractivity contribution in [3.05, 3.63) is 17.5 Å². The van der Waals surface area contributed by atoms with Crippen LogP contribution in [0.4, 0.5) is 0 Å². The number of hydrogen-bond donors (Lipinski definition) is 1. The summed E-state index contributed by atoms with van der Waals surface area (Å²) in [6.45, 7) is 4.15. The molecule has 114 valence electrons. The molecule has 6 heteroatoms. The predicted octanol–water partition coefficient (Wildman–Crippen LogP) is 0.888. The number of aromatic nitrogens is 2. The summed E-state index contributed by atoms with van der Waals surface area (Å²) in [5.74, 6) is 0.0151. The SMILES string of the molecule is Cc1cc(CN2C(=O)C3(CCCC3)NC(=O)C2C)n(C)n1. The van der Waals surface area contributed by atoms with Crippen LogP contribution in [0.15, 0.2) is 6.07 Å². The van der Waals surface area contributed by atoms with Gasteiger partial charge in [-0.25, -0.2) is 0 Å². The summed E-state index contributed by atoms with van der Waals surface area (Å²) in [5, 5.41) is 7.29. The van der Waals surface area contributed by atoms with Gasteiger partial charge in [0.25, 0.3) is 0 Å². The lowest BCUT2D eigenvalue weighted by Gasteiger charge is -2.43. The topological polar surface area (TPSA) is 67.2 Å². The van der Waals surface area contributed by atoms with Gasteiger partial charge in [0.05, 0.1) is 17.9 Å². The van der Waals surface area contributed by atoms with Crippen LogP contribution in [-0.4, -0.2) is 38.1 Å². The Balaban J connectivity index is 1.89. The lowest BCUT2D eigenvalue weighted by molar-refractivity contribution is -0.155. The molecule has 0 aromatic carbocycles. The van der Waals surface area contributed by atoms with Gasteiger partial charge < -0.3 is 10.2 Å². The first-order valence-corrected chi connectivity index (χ1v) is 7.55. The van der Waals surface area contributed by atoms with Crippen LogP contribution < -0.4 is 5.32 Å². The van der Waals surface area contributed by atoms with E-state index < -0.39 is 11.6 Å². The minimum Gasteiger partial charge on any atom is -0.340 e. The Morgan fingerprint density at radius 3 is 2.62 bits per heavy atom. The van der Waals surface area contributed by atoms with Crippen molar-refractivity contribution in [2.75, 3.05) is 0 Å². The molecule has 2 heterocycles. The van der Waals surface area contributed by atoms with E-state index in [-0.39, 0.29) is 11.8 Å². The maximum atomic E-state index is 12.9. The lowest BCUT2D eigenvalue weighted by Crippen LogP contribution is -2.68. The third-order valence-corrected chi connectivity index (χ3v) is 4.77. The number of rotatable bonds is 2. The molecule has 1 saturated carbocycles. The van der Waals surface area contributed by atoms with Crippen molar-refractivity contribution in [2.24, 2.45) is 7.05 Å². The molecule has 1 saturated heterocycles. The van der Waals surface area contributed by atoms with Crippen molar-refractivity contribution in [3.63, 3.8) is 0 Å². The second-order valence-corrected chi connectivity index (χ2v) is 6.29. The molecule has 3 rings (SSSR count). The van der Waals surface area contributed by atoms with E-state index in [1.807, 2.05) is 20.0 Å². The van der Waals surface area contributed by atoms with Gasteiger partial charge in [-0.15, -0.1) is 0 Å². The lowest BCUT2D eigenvalue weighted by atomic mass is 9.91. The highest BCUT2D eigenvalue weighted by molar-refractivity contribution is 5.99. The standard InChI is InChI=1S/C15H22N4O2/c1-10-8-12(18(3)17-10)9-19-11(2)13(20)16-15(14(19)21)6-4-5-7-15/h8,11H,4-7,9H2,1-3H3,(H,16,20). The molecule has 1 N–H and O–H groups in total. The largest absolute Gasteiger partial charge is 0.340 e. The van der Waals surface area contributed by atoms with E-state index in [0.717, 1.165) is 37.1 Å². The Labute approximate surface area is 124 Å². The molecule has 1 atom stereocenters. The van der Waals surface area contributed by atoms with Crippen molar-refractivity contribution < 1.29 is 9.59 Å². The Morgan fingerprint density at radius 2 is 2.05 bits per heavy atom. The number of piperazine rings is 1. The van der Waals surface area contributed by atoms with Crippen LogP contribution in [0.2, 0.25) is 0 Å². The third kappa shape index (κ3) is 2.22. The summed E-state index contributed by atoms with van der Waals surface area (Å²) in [6, 6.07) is 1.53. The van der Waals surface area contributed by atoms with Gasteiger partial charge in [0.2, 0.25) is 11.8 Å². The number of carbonyl (C=O) groups is 2. The van der Waals surface area contributed by atoms with E-state index in [1.54, 1.807) is 16.5 Å². The highest BCUT2D eigenvalue weighted by Crippen LogP contribution is 2.35. The van der Waals surface area contributed by atoms with E-state index in [2.05, 4.69) is 10.4 Å². The average molecular weight is 290 g/mol. The maximum Gasteiger partial charge on any atom is 0.249 e. The Bertz CT molecular complexity index is 586. The molecule has 0 bridgehead atoms.